The lowest BCUT2D eigenvalue weighted by atomic mass is 10.1. The Hall–Kier alpha value is -4.50. The summed E-state index contributed by atoms with van der Waals surface area (Å²) in [4.78, 5) is 47.7. The van der Waals surface area contributed by atoms with E-state index in [1.807, 2.05) is 30.0 Å². The molecule has 1 fully saturated rings. The third-order valence-corrected chi connectivity index (χ3v) is 7.42. The molecule has 0 saturated carbocycles. The van der Waals surface area contributed by atoms with Crippen LogP contribution in [0.15, 0.2) is 39.9 Å². The van der Waals surface area contributed by atoms with Crippen LogP contribution in [0.25, 0.3) is 21.9 Å². The summed E-state index contributed by atoms with van der Waals surface area (Å²) in [5.74, 6) is -0.0884. The first-order chi connectivity index (χ1) is 19.3. The van der Waals surface area contributed by atoms with Gasteiger partial charge in [-0.05, 0) is 31.9 Å². The summed E-state index contributed by atoms with van der Waals surface area (Å²) < 4.78 is 17.0. The Kier molecular flexibility index (Phi) is 7.40. The number of carbonyl (C=O) groups is 1. The number of nitrogens with two attached hydrogens (primary N) is 1. The zero-order chi connectivity index (χ0) is 28.6. The lowest BCUT2D eigenvalue weighted by Gasteiger charge is -2.33. The Morgan fingerprint density at radius 3 is 2.73 bits per heavy atom. The van der Waals surface area contributed by atoms with Crippen LogP contribution in [0.1, 0.15) is 41.4 Å². The highest BCUT2D eigenvalue weighted by molar-refractivity contribution is 6.11. The summed E-state index contributed by atoms with van der Waals surface area (Å²) in [5.41, 5.74) is 6.66. The van der Waals surface area contributed by atoms with Gasteiger partial charge in [0.25, 0.3) is 11.5 Å². The number of hydrogen-bond donors (Lipinski definition) is 2. The highest BCUT2D eigenvalue weighted by Crippen LogP contribution is 2.32. The molecule has 4 aromatic rings. The summed E-state index contributed by atoms with van der Waals surface area (Å²) in [6.07, 6.45) is 1.63. The van der Waals surface area contributed by atoms with E-state index in [0.717, 1.165) is 22.8 Å². The maximum atomic E-state index is 14.1. The molecule has 1 aliphatic heterocycles. The van der Waals surface area contributed by atoms with Crippen molar-refractivity contribution in [1.29, 1.82) is 5.26 Å². The first-order valence-corrected chi connectivity index (χ1v) is 13.3. The zero-order valence-electron chi connectivity index (χ0n) is 22.5. The van der Waals surface area contributed by atoms with Crippen LogP contribution in [0.4, 0.5) is 10.2 Å². The van der Waals surface area contributed by atoms with Gasteiger partial charge in [0.15, 0.2) is 0 Å². The molecule has 1 aromatic carbocycles. The highest BCUT2D eigenvalue weighted by Gasteiger charge is 2.32. The number of nitrogens with zero attached hydrogens (tertiary/aromatic N) is 6. The number of pyridine rings is 1. The fourth-order valence-corrected chi connectivity index (χ4v) is 5.59. The van der Waals surface area contributed by atoms with Gasteiger partial charge < -0.3 is 20.5 Å². The van der Waals surface area contributed by atoms with Gasteiger partial charge in [0.1, 0.15) is 29.6 Å². The van der Waals surface area contributed by atoms with Crippen molar-refractivity contribution < 1.29 is 9.18 Å². The number of carbonyl (C=O) groups excluding carboxylic acids is 1. The number of aromatic nitrogens is 4. The van der Waals surface area contributed by atoms with Crippen molar-refractivity contribution in [3.05, 3.63) is 68.0 Å². The Morgan fingerprint density at radius 1 is 1.25 bits per heavy atom. The van der Waals surface area contributed by atoms with Crippen molar-refractivity contribution in [1.82, 2.24) is 24.0 Å². The molecule has 0 unspecified atom stereocenters. The second-order valence-corrected chi connectivity index (χ2v) is 9.95. The summed E-state index contributed by atoms with van der Waals surface area (Å²) in [5, 5.41) is 13.1. The van der Waals surface area contributed by atoms with Gasteiger partial charge in [0.2, 0.25) is 0 Å². The van der Waals surface area contributed by atoms with Gasteiger partial charge in [-0.2, -0.15) is 5.26 Å². The Morgan fingerprint density at radius 2 is 2.02 bits per heavy atom. The van der Waals surface area contributed by atoms with Crippen LogP contribution in [0.2, 0.25) is 0 Å². The minimum absolute atomic E-state index is 0.123. The molecule has 4 heterocycles. The number of benzene rings is 1. The smallest absolute Gasteiger partial charge is 0.331 e. The van der Waals surface area contributed by atoms with Crippen molar-refractivity contribution in [2.45, 2.75) is 38.9 Å². The first kappa shape index (κ1) is 27.1. The molecule has 1 aliphatic rings. The fraction of sp³-hybridized carbons (Fsp3) is 0.393. The van der Waals surface area contributed by atoms with Crippen molar-refractivity contribution in [3.63, 3.8) is 0 Å². The first-order valence-electron chi connectivity index (χ1n) is 13.3. The maximum absolute atomic E-state index is 14.1. The fourth-order valence-electron chi connectivity index (χ4n) is 5.59. The molecular formula is C28H31FN8O3. The van der Waals surface area contributed by atoms with Crippen molar-refractivity contribution >= 4 is 33.7 Å². The molecule has 0 radical (unpaired) electrons. The lowest BCUT2D eigenvalue weighted by molar-refractivity contribution is 0.0952. The van der Waals surface area contributed by atoms with E-state index in [1.165, 1.54) is 11.6 Å². The number of rotatable bonds is 7. The molecule has 0 aliphatic carbocycles. The summed E-state index contributed by atoms with van der Waals surface area (Å²) >= 11 is 0. The minimum Gasteiger partial charge on any atom is -0.356 e. The van der Waals surface area contributed by atoms with E-state index in [4.69, 9.17) is 5.73 Å². The molecule has 1 atom stereocenters. The number of aryl methyl sites for hydroxylation is 2. The molecule has 11 nitrogen and oxygen atoms in total. The molecule has 0 bridgehead atoms. The van der Waals surface area contributed by atoms with Crippen molar-refractivity contribution in [2.24, 2.45) is 12.8 Å². The average Bonchev–Trinajstić information content (AvgIpc) is 3.32. The van der Waals surface area contributed by atoms with Gasteiger partial charge >= 0.3 is 5.69 Å². The largest absolute Gasteiger partial charge is 0.356 e. The van der Waals surface area contributed by atoms with E-state index in [-0.39, 0.29) is 47.0 Å². The third-order valence-electron chi connectivity index (χ3n) is 7.42. The maximum Gasteiger partial charge on any atom is 0.331 e. The molecule has 1 amide bonds. The van der Waals surface area contributed by atoms with Gasteiger partial charge in [-0.15, -0.1) is 0 Å². The number of halogens is 1. The van der Waals surface area contributed by atoms with Gasteiger partial charge in [0, 0.05) is 44.7 Å². The Labute approximate surface area is 229 Å². The predicted octanol–water partition coefficient (Wildman–Crippen LogP) is 1.62. The summed E-state index contributed by atoms with van der Waals surface area (Å²) in [7, 11) is 1.50. The number of hydrogen-bond acceptors (Lipinski definition) is 7. The lowest BCUT2D eigenvalue weighted by Crippen LogP contribution is -2.44. The normalized spacial score (nSPS) is 15.5. The molecule has 1 saturated heterocycles. The van der Waals surface area contributed by atoms with Crippen LogP contribution >= 0.6 is 0 Å². The zero-order valence-corrected chi connectivity index (χ0v) is 22.5. The SMILES string of the molecule is CCn1c(N2CCC[C@@H](N)C2)c(C(=O)NCCF)c2c1c(=O)n(Cc1nc3ccccc3cc1C#N)c(=O)n2C. The average molecular weight is 547 g/mol. The number of alkyl halides is 1. The molecule has 40 heavy (non-hydrogen) atoms. The molecule has 0 spiro atoms. The summed E-state index contributed by atoms with van der Waals surface area (Å²) in [6, 6.07) is 11.0. The van der Waals surface area contributed by atoms with E-state index >= 15 is 0 Å². The number of nitriles is 1. The van der Waals surface area contributed by atoms with E-state index in [1.54, 1.807) is 16.7 Å². The quantitative estimate of drug-likeness (QED) is 0.358. The van der Waals surface area contributed by atoms with Gasteiger partial charge in [0.05, 0.1) is 28.8 Å². The molecular weight excluding hydrogens is 515 g/mol. The van der Waals surface area contributed by atoms with Crippen LogP contribution in [-0.4, -0.2) is 56.9 Å². The monoisotopic (exact) mass is 546 g/mol. The molecule has 5 rings (SSSR count). The van der Waals surface area contributed by atoms with Crippen LogP contribution in [0.3, 0.4) is 0 Å². The van der Waals surface area contributed by atoms with E-state index in [0.29, 0.717) is 31.0 Å². The summed E-state index contributed by atoms with van der Waals surface area (Å²) in [6.45, 7) is 2.08. The van der Waals surface area contributed by atoms with Crippen LogP contribution < -0.4 is 27.2 Å². The minimum atomic E-state index is -0.756. The van der Waals surface area contributed by atoms with Gasteiger partial charge in [-0.3, -0.25) is 18.7 Å². The van der Waals surface area contributed by atoms with Crippen LogP contribution in [0, 0.1) is 11.3 Å². The molecule has 208 valence electrons. The van der Waals surface area contributed by atoms with E-state index in [9.17, 15) is 24.0 Å². The van der Waals surface area contributed by atoms with Gasteiger partial charge in [-0.25, -0.2) is 14.2 Å². The number of piperidine rings is 1. The van der Waals surface area contributed by atoms with Crippen molar-refractivity contribution in [3.8, 4) is 6.07 Å². The third kappa shape index (κ3) is 4.52. The van der Waals surface area contributed by atoms with Crippen molar-refractivity contribution in [2.75, 3.05) is 31.2 Å². The number of anilines is 1. The second kappa shape index (κ2) is 10.9. The Bertz CT molecular complexity index is 1780. The van der Waals surface area contributed by atoms with E-state index in [2.05, 4.69) is 16.4 Å². The standard InChI is InChI=1S/C28H31FN8O3/c1-3-36-24-23(22(25(38)32-11-10-29)26(36)35-12-6-8-19(31)15-35)34(2)28(40)37(27(24)39)16-21-18(14-30)13-17-7-4-5-9-20(17)33-21/h4-5,7,9,13,19H,3,6,8,10-12,15-16,31H2,1-2H3,(H,32,38)/t19-/m1/s1. The van der Waals surface area contributed by atoms with Gasteiger partial charge in [-0.1, -0.05) is 18.2 Å². The Balaban J connectivity index is 1.78. The van der Waals surface area contributed by atoms with Crippen LogP contribution in [0.5, 0.6) is 0 Å². The molecule has 3 N–H and O–H groups in total. The number of amides is 1. The topological polar surface area (TPSA) is 144 Å². The number of nitrogens with one attached hydrogen (secondary N) is 1. The second-order valence-electron chi connectivity index (χ2n) is 9.95. The molecule has 12 heteroatoms. The highest BCUT2D eigenvalue weighted by atomic mass is 19.1. The predicted molar refractivity (Wildman–Crippen MR) is 150 cm³/mol. The van der Waals surface area contributed by atoms with Crippen LogP contribution in [-0.2, 0) is 20.1 Å². The number of fused-ring (bicyclic) bond motifs is 2. The number of para-hydroxylation sites is 1. The molecule has 3 aromatic heterocycles. The van der Waals surface area contributed by atoms with E-state index < -0.39 is 23.8 Å².